The minimum Gasteiger partial charge on any atom is -0.326 e. The smallest absolute Gasteiger partial charge is 0.226 e. The molecule has 0 radical (unpaired) electrons. The highest BCUT2D eigenvalue weighted by molar-refractivity contribution is 5.95. The van der Waals surface area contributed by atoms with E-state index in [-0.39, 0.29) is 18.2 Å². The van der Waals surface area contributed by atoms with E-state index in [4.69, 9.17) is 0 Å². The van der Waals surface area contributed by atoms with Gasteiger partial charge in [-0.1, -0.05) is 37.3 Å². The SMILES string of the molecule is CCc1ccc(NC(=O)CCN(C(C)=O)c2c(C)cccc2C)cc1. The molecule has 0 heterocycles. The molecule has 4 heteroatoms. The summed E-state index contributed by atoms with van der Waals surface area (Å²) >= 11 is 0. The highest BCUT2D eigenvalue weighted by Crippen LogP contribution is 2.25. The monoisotopic (exact) mass is 338 g/mol. The minimum atomic E-state index is -0.0956. The van der Waals surface area contributed by atoms with Gasteiger partial charge in [-0.2, -0.15) is 0 Å². The van der Waals surface area contributed by atoms with Crippen molar-refractivity contribution < 1.29 is 9.59 Å². The Bertz CT molecular complexity index is 731. The number of aryl methyl sites for hydroxylation is 3. The van der Waals surface area contributed by atoms with Crippen LogP contribution < -0.4 is 10.2 Å². The van der Waals surface area contributed by atoms with Crippen molar-refractivity contribution in [3.05, 3.63) is 59.2 Å². The molecule has 1 N–H and O–H groups in total. The van der Waals surface area contributed by atoms with Crippen molar-refractivity contribution in [3.8, 4) is 0 Å². The molecule has 0 bridgehead atoms. The second-order valence-electron chi connectivity index (χ2n) is 6.26. The van der Waals surface area contributed by atoms with Crippen molar-refractivity contribution in [3.63, 3.8) is 0 Å². The van der Waals surface area contributed by atoms with Gasteiger partial charge in [-0.15, -0.1) is 0 Å². The van der Waals surface area contributed by atoms with Crippen molar-refractivity contribution >= 4 is 23.2 Å². The first kappa shape index (κ1) is 18.7. The van der Waals surface area contributed by atoms with Crippen molar-refractivity contribution in [1.82, 2.24) is 0 Å². The maximum absolute atomic E-state index is 12.2. The Labute approximate surface area is 149 Å². The molecule has 0 aliphatic rings. The molecule has 25 heavy (non-hydrogen) atoms. The van der Waals surface area contributed by atoms with E-state index < -0.39 is 0 Å². The Morgan fingerprint density at radius 3 is 2.12 bits per heavy atom. The lowest BCUT2D eigenvalue weighted by atomic mass is 10.1. The molecule has 2 aromatic carbocycles. The van der Waals surface area contributed by atoms with E-state index in [1.54, 1.807) is 4.90 Å². The zero-order valence-electron chi connectivity index (χ0n) is 15.4. The van der Waals surface area contributed by atoms with Crippen molar-refractivity contribution in [2.75, 3.05) is 16.8 Å². The lowest BCUT2D eigenvalue weighted by Gasteiger charge is -2.25. The molecule has 0 spiro atoms. The lowest BCUT2D eigenvalue weighted by Crippen LogP contribution is -2.33. The van der Waals surface area contributed by atoms with Gasteiger partial charge in [0.2, 0.25) is 11.8 Å². The fourth-order valence-electron chi connectivity index (χ4n) is 2.92. The van der Waals surface area contributed by atoms with Gasteiger partial charge >= 0.3 is 0 Å². The van der Waals surface area contributed by atoms with Gasteiger partial charge in [0.15, 0.2) is 0 Å². The molecule has 0 unspecified atom stereocenters. The number of anilines is 2. The quantitative estimate of drug-likeness (QED) is 0.856. The Morgan fingerprint density at radius 1 is 1.00 bits per heavy atom. The molecular formula is C21H26N2O2. The van der Waals surface area contributed by atoms with Crippen LogP contribution in [0.15, 0.2) is 42.5 Å². The first-order valence-electron chi connectivity index (χ1n) is 8.65. The van der Waals surface area contributed by atoms with Crippen LogP contribution in [0, 0.1) is 13.8 Å². The molecule has 0 atom stereocenters. The van der Waals surface area contributed by atoms with Crippen LogP contribution in [0.4, 0.5) is 11.4 Å². The van der Waals surface area contributed by atoms with Crippen LogP contribution in [0.5, 0.6) is 0 Å². The van der Waals surface area contributed by atoms with Crippen LogP contribution in [0.3, 0.4) is 0 Å². The lowest BCUT2D eigenvalue weighted by molar-refractivity contribution is -0.117. The average Bonchev–Trinajstić information content (AvgIpc) is 2.57. The molecule has 0 saturated heterocycles. The van der Waals surface area contributed by atoms with Crippen LogP contribution in [0.2, 0.25) is 0 Å². The molecule has 2 amide bonds. The number of carbonyl (C=O) groups is 2. The third kappa shape index (κ3) is 4.92. The van der Waals surface area contributed by atoms with Crippen LogP contribution >= 0.6 is 0 Å². The first-order chi connectivity index (χ1) is 11.9. The number of hydrogen-bond acceptors (Lipinski definition) is 2. The van der Waals surface area contributed by atoms with Gasteiger partial charge in [0.05, 0.1) is 0 Å². The minimum absolute atomic E-state index is 0.0579. The summed E-state index contributed by atoms with van der Waals surface area (Å²) in [5, 5.41) is 2.89. The highest BCUT2D eigenvalue weighted by atomic mass is 16.2. The maximum Gasteiger partial charge on any atom is 0.226 e. The van der Waals surface area contributed by atoms with Crippen molar-refractivity contribution in [2.45, 2.75) is 40.5 Å². The number of nitrogens with zero attached hydrogens (tertiary/aromatic N) is 1. The largest absolute Gasteiger partial charge is 0.326 e. The third-order valence-electron chi connectivity index (χ3n) is 4.30. The summed E-state index contributed by atoms with van der Waals surface area (Å²) in [7, 11) is 0. The molecule has 0 aliphatic heterocycles. The number of amides is 2. The van der Waals surface area contributed by atoms with Crippen LogP contribution in [-0.2, 0) is 16.0 Å². The van der Waals surface area contributed by atoms with E-state index in [2.05, 4.69) is 12.2 Å². The number of hydrogen-bond donors (Lipinski definition) is 1. The van der Waals surface area contributed by atoms with Crippen LogP contribution in [-0.4, -0.2) is 18.4 Å². The molecule has 2 aromatic rings. The molecule has 0 saturated carbocycles. The fourth-order valence-corrected chi connectivity index (χ4v) is 2.92. The molecule has 0 aromatic heterocycles. The maximum atomic E-state index is 12.2. The predicted octanol–water partition coefficient (Wildman–Crippen LogP) is 4.25. The number of para-hydroxylation sites is 1. The normalized spacial score (nSPS) is 10.4. The Hall–Kier alpha value is -2.62. The molecule has 132 valence electrons. The van der Waals surface area contributed by atoms with Gasteiger partial charge in [-0.05, 0) is 49.1 Å². The van der Waals surface area contributed by atoms with E-state index in [0.717, 1.165) is 28.9 Å². The van der Waals surface area contributed by atoms with Gasteiger partial charge in [-0.3, -0.25) is 9.59 Å². The fraction of sp³-hybridized carbons (Fsp3) is 0.333. The van der Waals surface area contributed by atoms with E-state index in [1.807, 2.05) is 56.3 Å². The number of benzene rings is 2. The van der Waals surface area contributed by atoms with Gasteiger partial charge in [0.25, 0.3) is 0 Å². The first-order valence-corrected chi connectivity index (χ1v) is 8.65. The molecular weight excluding hydrogens is 312 g/mol. The summed E-state index contributed by atoms with van der Waals surface area (Å²) in [4.78, 5) is 26.0. The summed E-state index contributed by atoms with van der Waals surface area (Å²) in [5.74, 6) is -0.153. The average molecular weight is 338 g/mol. The van der Waals surface area contributed by atoms with E-state index in [9.17, 15) is 9.59 Å². The number of nitrogens with one attached hydrogen (secondary N) is 1. The predicted molar refractivity (Wildman–Crippen MR) is 103 cm³/mol. The van der Waals surface area contributed by atoms with E-state index in [1.165, 1.54) is 12.5 Å². The summed E-state index contributed by atoms with van der Waals surface area (Å²) in [6, 6.07) is 13.8. The highest BCUT2D eigenvalue weighted by Gasteiger charge is 2.17. The van der Waals surface area contributed by atoms with Gasteiger partial charge < -0.3 is 10.2 Å². The Balaban J connectivity index is 2.03. The molecule has 4 nitrogen and oxygen atoms in total. The summed E-state index contributed by atoms with van der Waals surface area (Å²) in [6.45, 7) is 7.95. The van der Waals surface area contributed by atoms with E-state index >= 15 is 0 Å². The van der Waals surface area contributed by atoms with Crippen LogP contribution in [0.25, 0.3) is 0 Å². The zero-order valence-corrected chi connectivity index (χ0v) is 15.4. The summed E-state index contributed by atoms with van der Waals surface area (Å²) in [5.41, 5.74) is 4.98. The summed E-state index contributed by atoms with van der Waals surface area (Å²) < 4.78 is 0. The number of carbonyl (C=O) groups excluding carboxylic acids is 2. The second kappa shape index (κ2) is 8.47. The Kier molecular flexibility index (Phi) is 6.34. The van der Waals surface area contributed by atoms with Gasteiger partial charge in [-0.25, -0.2) is 0 Å². The van der Waals surface area contributed by atoms with Gasteiger partial charge in [0.1, 0.15) is 0 Å². The standard InChI is InChI=1S/C21H26N2O2/c1-5-18-9-11-19(12-10-18)22-20(25)13-14-23(17(4)24)21-15(2)7-6-8-16(21)3/h6-12H,5,13-14H2,1-4H3,(H,22,25). The van der Waals surface area contributed by atoms with Crippen molar-refractivity contribution in [2.24, 2.45) is 0 Å². The topological polar surface area (TPSA) is 49.4 Å². The molecule has 2 rings (SSSR count). The van der Waals surface area contributed by atoms with E-state index in [0.29, 0.717) is 6.54 Å². The molecule has 0 aliphatic carbocycles. The van der Waals surface area contributed by atoms with Crippen LogP contribution in [0.1, 0.15) is 37.0 Å². The third-order valence-corrected chi connectivity index (χ3v) is 4.30. The number of rotatable bonds is 6. The second-order valence-corrected chi connectivity index (χ2v) is 6.26. The van der Waals surface area contributed by atoms with Crippen molar-refractivity contribution in [1.29, 1.82) is 0 Å². The Morgan fingerprint density at radius 2 is 1.60 bits per heavy atom. The zero-order chi connectivity index (χ0) is 18.4. The van der Waals surface area contributed by atoms with Gasteiger partial charge in [0, 0.05) is 31.3 Å². The molecule has 0 fully saturated rings. The summed E-state index contributed by atoms with van der Waals surface area (Å²) in [6.07, 6.45) is 1.22.